The maximum Gasteiger partial charge on any atom is 0.208 e. The summed E-state index contributed by atoms with van der Waals surface area (Å²) in [6.45, 7) is 5.08. The summed E-state index contributed by atoms with van der Waals surface area (Å²) in [4.78, 5) is 9.76. The average Bonchev–Trinajstić information content (AvgIpc) is 2.70. The first kappa shape index (κ1) is 17.9. The summed E-state index contributed by atoms with van der Waals surface area (Å²) < 4.78 is 25.8. The van der Waals surface area contributed by atoms with Crippen molar-refractivity contribution >= 4 is 26.4 Å². The Balaban J connectivity index is 1.75. The van der Waals surface area contributed by atoms with Gasteiger partial charge in [0.15, 0.2) is 0 Å². The number of hydrogen-bond donors (Lipinski definition) is 0. The van der Waals surface area contributed by atoms with Crippen molar-refractivity contribution in [2.45, 2.75) is 22.8 Å². The number of likely N-dealkylation sites (N-methyl/N-ethyl adjacent to an activating group) is 1. The topological polar surface area (TPSA) is 53.5 Å². The SMILES string of the molecule is C[C@H]1CN(c2cccc3cc(S(=O)(=O)c4ccccc4)cnc23)CCN1C. The van der Waals surface area contributed by atoms with Crippen molar-refractivity contribution in [3.8, 4) is 0 Å². The fourth-order valence-electron chi connectivity index (χ4n) is 3.53. The number of para-hydroxylation sites is 1. The fraction of sp³-hybridized carbons (Fsp3) is 0.286. The van der Waals surface area contributed by atoms with Crippen LogP contribution in [0.3, 0.4) is 0 Å². The molecule has 0 N–H and O–H groups in total. The van der Waals surface area contributed by atoms with Crippen molar-refractivity contribution < 1.29 is 8.42 Å². The number of aromatic nitrogens is 1. The molecule has 1 aromatic heterocycles. The molecule has 1 atom stereocenters. The Hall–Kier alpha value is -2.44. The Morgan fingerprint density at radius 2 is 1.78 bits per heavy atom. The third kappa shape index (κ3) is 3.31. The second-order valence-corrected chi connectivity index (χ2v) is 9.06. The van der Waals surface area contributed by atoms with Crippen molar-refractivity contribution in [2.24, 2.45) is 0 Å². The second kappa shape index (κ2) is 6.94. The largest absolute Gasteiger partial charge is 0.367 e. The van der Waals surface area contributed by atoms with E-state index in [1.807, 2.05) is 12.1 Å². The molecule has 0 amide bonds. The number of hydrogen-bond acceptors (Lipinski definition) is 5. The van der Waals surface area contributed by atoms with Crippen LogP contribution in [-0.4, -0.2) is 51.0 Å². The second-order valence-electron chi connectivity index (χ2n) is 7.11. The molecule has 3 aromatic rings. The highest BCUT2D eigenvalue weighted by atomic mass is 32.2. The van der Waals surface area contributed by atoms with E-state index in [0.29, 0.717) is 6.04 Å². The van der Waals surface area contributed by atoms with Crippen molar-refractivity contribution in [1.29, 1.82) is 0 Å². The molecule has 140 valence electrons. The molecule has 0 saturated carbocycles. The van der Waals surface area contributed by atoms with Crippen LogP contribution in [0, 0.1) is 0 Å². The minimum absolute atomic E-state index is 0.227. The summed E-state index contributed by atoms with van der Waals surface area (Å²) in [7, 11) is -1.42. The van der Waals surface area contributed by atoms with Crippen LogP contribution in [0.25, 0.3) is 10.9 Å². The van der Waals surface area contributed by atoms with Crippen LogP contribution in [0.5, 0.6) is 0 Å². The summed E-state index contributed by atoms with van der Waals surface area (Å²) in [5.74, 6) is 0. The molecule has 1 saturated heterocycles. The molecular weight excluding hydrogens is 358 g/mol. The summed E-state index contributed by atoms with van der Waals surface area (Å²) in [6.07, 6.45) is 1.48. The summed E-state index contributed by atoms with van der Waals surface area (Å²) >= 11 is 0. The Bertz CT molecular complexity index is 1070. The molecule has 1 aliphatic rings. The van der Waals surface area contributed by atoms with Gasteiger partial charge in [0, 0.05) is 37.3 Å². The third-order valence-electron chi connectivity index (χ3n) is 5.33. The fourth-order valence-corrected chi connectivity index (χ4v) is 4.79. The maximum absolute atomic E-state index is 12.9. The summed E-state index contributed by atoms with van der Waals surface area (Å²) in [5, 5.41) is 0.844. The van der Waals surface area contributed by atoms with Gasteiger partial charge in [0.05, 0.1) is 21.0 Å². The molecule has 2 heterocycles. The average molecular weight is 382 g/mol. The van der Waals surface area contributed by atoms with Crippen LogP contribution < -0.4 is 4.90 Å². The molecule has 1 aliphatic heterocycles. The van der Waals surface area contributed by atoms with Gasteiger partial charge in [-0.25, -0.2) is 8.42 Å². The number of pyridine rings is 1. The number of nitrogens with zero attached hydrogens (tertiary/aromatic N) is 3. The van der Waals surface area contributed by atoms with Gasteiger partial charge in [-0.2, -0.15) is 0 Å². The zero-order valence-electron chi connectivity index (χ0n) is 15.5. The number of piperazine rings is 1. The van der Waals surface area contributed by atoms with E-state index in [1.54, 1.807) is 36.4 Å². The van der Waals surface area contributed by atoms with Gasteiger partial charge in [0.1, 0.15) is 0 Å². The van der Waals surface area contributed by atoms with Crippen molar-refractivity contribution in [2.75, 3.05) is 31.6 Å². The van der Waals surface area contributed by atoms with E-state index in [4.69, 9.17) is 0 Å². The van der Waals surface area contributed by atoms with Gasteiger partial charge in [-0.3, -0.25) is 4.98 Å². The summed E-state index contributed by atoms with van der Waals surface area (Å²) in [6, 6.07) is 16.7. The normalized spacial score (nSPS) is 18.7. The van der Waals surface area contributed by atoms with Crippen molar-refractivity contribution in [3.05, 3.63) is 60.8 Å². The van der Waals surface area contributed by atoms with Gasteiger partial charge in [0.25, 0.3) is 0 Å². The molecule has 27 heavy (non-hydrogen) atoms. The molecular formula is C21H23N3O2S. The zero-order chi connectivity index (χ0) is 19.0. The summed E-state index contributed by atoms with van der Waals surface area (Å²) in [5.41, 5.74) is 1.91. The van der Waals surface area contributed by atoms with Gasteiger partial charge in [-0.05, 0) is 38.2 Å². The number of anilines is 1. The van der Waals surface area contributed by atoms with Crippen molar-refractivity contribution in [1.82, 2.24) is 9.88 Å². The standard InChI is InChI=1S/C21H23N3O2S/c1-16-15-24(12-11-23(16)2)20-10-6-7-17-13-19(14-22-21(17)20)27(25,26)18-8-4-3-5-9-18/h3-10,13-14,16H,11-12,15H2,1-2H3/t16-/m0/s1. The number of fused-ring (bicyclic) bond motifs is 1. The van der Waals surface area contributed by atoms with Crippen LogP contribution in [0.2, 0.25) is 0 Å². The highest BCUT2D eigenvalue weighted by Crippen LogP contribution is 2.29. The predicted molar refractivity (Wildman–Crippen MR) is 108 cm³/mol. The molecule has 0 spiro atoms. The van der Waals surface area contributed by atoms with E-state index in [0.717, 1.165) is 36.2 Å². The van der Waals surface area contributed by atoms with Crippen LogP contribution in [0.4, 0.5) is 5.69 Å². The number of benzene rings is 2. The Morgan fingerprint density at radius 3 is 2.52 bits per heavy atom. The lowest BCUT2D eigenvalue weighted by atomic mass is 10.1. The van der Waals surface area contributed by atoms with Crippen LogP contribution in [0.1, 0.15) is 6.92 Å². The van der Waals surface area contributed by atoms with Crippen LogP contribution in [0.15, 0.2) is 70.6 Å². The van der Waals surface area contributed by atoms with Crippen LogP contribution in [-0.2, 0) is 9.84 Å². The molecule has 0 bridgehead atoms. The Kier molecular flexibility index (Phi) is 4.61. The molecule has 2 aromatic carbocycles. The highest BCUT2D eigenvalue weighted by molar-refractivity contribution is 7.91. The molecule has 0 radical (unpaired) electrons. The van der Waals surface area contributed by atoms with Gasteiger partial charge in [0.2, 0.25) is 9.84 Å². The number of rotatable bonds is 3. The van der Waals surface area contributed by atoms with Gasteiger partial charge in [-0.15, -0.1) is 0 Å². The first-order valence-corrected chi connectivity index (χ1v) is 10.6. The minimum atomic E-state index is -3.57. The van der Waals surface area contributed by atoms with E-state index >= 15 is 0 Å². The monoisotopic (exact) mass is 381 g/mol. The van der Waals surface area contributed by atoms with E-state index < -0.39 is 9.84 Å². The molecule has 0 aliphatic carbocycles. The molecule has 0 unspecified atom stereocenters. The zero-order valence-corrected chi connectivity index (χ0v) is 16.4. The van der Waals surface area contributed by atoms with E-state index in [9.17, 15) is 8.42 Å². The quantitative estimate of drug-likeness (QED) is 0.697. The Morgan fingerprint density at radius 1 is 1.00 bits per heavy atom. The predicted octanol–water partition coefficient (Wildman–Crippen LogP) is 3.21. The lowest BCUT2D eigenvalue weighted by Crippen LogP contribution is -2.50. The maximum atomic E-state index is 12.9. The highest BCUT2D eigenvalue weighted by Gasteiger charge is 2.23. The lowest BCUT2D eigenvalue weighted by Gasteiger charge is -2.39. The molecule has 4 rings (SSSR count). The van der Waals surface area contributed by atoms with E-state index in [-0.39, 0.29) is 9.79 Å². The number of sulfone groups is 1. The van der Waals surface area contributed by atoms with E-state index in [2.05, 4.69) is 34.8 Å². The van der Waals surface area contributed by atoms with Gasteiger partial charge < -0.3 is 9.80 Å². The van der Waals surface area contributed by atoms with Crippen molar-refractivity contribution in [3.63, 3.8) is 0 Å². The Labute approximate surface area is 160 Å². The van der Waals surface area contributed by atoms with Crippen LogP contribution >= 0.6 is 0 Å². The minimum Gasteiger partial charge on any atom is -0.367 e. The first-order chi connectivity index (χ1) is 13.0. The molecule has 5 nitrogen and oxygen atoms in total. The van der Waals surface area contributed by atoms with Gasteiger partial charge in [-0.1, -0.05) is 30.3 Å². The molecule has 1 fully saturated rings. The molecule has 6 heteroatoms. The lowest BCUT2D eigenvalue weighted by molar-refractivity contribution is 0.234. The first-order valence-electron chi connectivity index (χ1n) is 9.11. The van der Waals surface area contributed by atoms with E-state index in [1.165, 1.54) is 6.20 Å². The van der Waals surface area contributed by atoms with Gasteiger partial charge >= 0.3 is 0 Å². The third-order valence-corrected chi connectivity index (χ3v) is 7.07. The smallest absolute Gasteiger partial charge is 0.208 e.